The van der Waals surface area contributed by atoms with Crippen LogP contribution < -0.4 is 0 Å². The van der Waals surface area contributed by atoms with Gasteiger partial charge in [0.25, 0.3) is 0 Å². The van der Waals surface area contributed by atoms with E-state index in [-0.39, 0.29) is 0 Å². The van der Waals surface area contributed by atoms with Crippen molar-refractivity contribution in [1.29, 1.82) is 0 Å². The van der Waals surface area contributed by atoms with Crippen molar-refractivity contribution in [3.05, 3.63) is 12.2 Å². The Morgan fingerprint density at radius 2 is 1.40 bits per heavy atom. The Bertz CT molecular complexity index is 370. The molecule has 1 N–H and O–H groups in total. The molecule has 2 fully saturated rings. The molecule has 0 radical (unpaired) electrons. The van der Waals surface area contributed by atoms with Crippen LogP contribution in [0.15, 0.2) is 12.2 Å². The molecule has 3 aliphatic carbocycles. The fourth-order valence-corrected chi connectivity index (χ4v) is 5.70. The summed E-state index contributed by atoms with van der Waals surface area (Å²) in [6.07, 6.45) is 22.1. The SMILES string of the molecule is CC1(O)CC23C=CCC2(CCCCCCCCCC3)C1. The Labute approximate surface area is 124 Å². The third-order valence-corrected chi connectivity index (χ3v) is 6.45. The van der Waals surface area contributed by atoms with Crippen molar-refractivity contribution in [2.75, 3.05) is 0 Å². The molecule has 0 aromatic rings. The minimum atomic E-state index is -0.426. The van der Waals surface area contributed by atoms with Gasteiger partial charge in [-0.3, -0.25) is 0 Å². The predicted molar refractivity (Wildman–Crippen MR) is 84.7 cm³/mol. The number of rotatable bonds is 0. The maximum absolute atomic E-state index is 10.7. The van der Waals surface area contributed by atoms with E-state index in [0.717, 1.165) is 12.8 Å². The Balaban J connectivity index is 1.81. The smallest absolute Gasteiger partial charge is 0.0634 e. The van der Waals surface area contributed by atoms with Crippen LogP contribution in [0.1, 0.15) is 90.4 Å². The topological polar surface area (TPSA) is 20.2 Å². The fraction of sp³-hybridized carbons (Fsp3) is 0.895. The van der Waals surface area contributed by atoms with Gasteiger partial charge in [0.05, 0.1) is 5.60 Å². The zero-order valence-corrected chi connectivity index (χ0v) is 13.3. The molecule has 20 heavy (non-hydrogen) atoms. The fourth-order valence-electron chi connectivity index (χ4n) is 5.70. The van der Waals surface area contributed by atoms with Gasteiger partial charge >= 0.3 is 0 Å². The summed E-state index contributed by atoms with van der Waals surface area (Å²) in [4.78, 5) is 0. The zero-order valence-electron chi connectivity index (χ0n) is 13.3. The lowest BCUT2D eigenvalue weighted by molar-refractivity contribution is 0.0509. The van der Waals surface area contributed by atoms with Gasteiger partial charge in [-0.05, 0) is 49.9 Å². The molecular formula is C19H32O. The molecule has 0 heterocycles. The van der Waals surface area contributed by atoms with E-state index in [2.05, 4.69) is 19.1 Å². The van der Waals surface area contributed by atoms with E-state index in [1.165, 1.54) is 70.6 Å². The molecule has 0 aliphatic heterocycles. The Kier molecular flexibility index (Phi) is 4.01. The van der Waals surface area contributed by atoms with Crippen molar-refractivity contribution < 1.29 is 5.11 Å². The van der Waals surface area contributed by atoms with Gasteiger partial charge in [-0.15, -0.1) is 0 Å². The second-order valence-corrected chi connectivity index (χ2v) is 8.22. The standard InChI is InChI=1S/C19H32O/c1-17(20)15-18-11-8-6-4-2-3-5-7-9-12-19(18,16-17)14-10-13-18/h10,13,20H,2-9,11-12,14-16H2,1H3. The molecule has 0 bridgehead atoms. The van der Waals surface area contributed by atoms with E-state index < -0.39 is 5.60 Å². The van der Waals surface area contributed by atoms with Crippen LogP contribution >= 0.6 is 0 Å². The molecule has 2 saturated carbocycles. The second-order valence-electron chi connectivity index (χ2n) is 8.22. The van der Waals surface area contributed by atoms with Gasteiger partial charge in [0.2, 0.25) is 0 Å². The van der Waals surface area contributed by atoms with Crippen molar-refractivity contribution in [2.24, 2.45) is 10.8 Å². The number of allylic oxidation sites excluding steroid dienone is 2. The first-order valence-corrected chi connectivity index (χ1v) is 8.98. The molecule has 114 valence electrons. The van der Waals surface area contributed by atoms with Crippen molar-refractivity contribution in [3.63, 3.8) is 0 Å². The van der Waals surface area contributed by atoms with Crippen LogP contribution in [0, 0.1) is 10.8 Å². The molecule has 3 rings (SSSR count). The minimum absolute atomic E-state index is 0.329. The van der Waals surface area contributed by atoms with Crippen molar-refractivity contribution in [3.8, 4) is 0 Å². The summed E-state index contributed by atoms with van der Waals surface area (Å²) < 4.78 is 0. The largest absolute Gasteiger partial charge is 0.390 e. The summed E-state index contributed by atoms with van der Waals surface area (Å²) >= 11 is 0. The zero-order chi connectivity index (χ0) is 14.1. The van der Waals surface area contributed by atoms with E-state index >= 15 is 0 Å². The summed E-state index contributed by atoms with van der Waals surface area (Å²) in [7, 11) is 0. The lowest BCUT2D eigenvalue weighted by Gasteiger charge is -2.41. The molecule has 0 aromatic heterocycles. The van der Waals surface area contributed by atoms with E-state index in [9.17, 15) is 5.11 Å². The van der Waals surface area contributed by atoms with E-state index in [4.69, 9.17) is 0 Å². The Morgan fingerprint density at radius 3 is 2.10 bits per heavy atom. The molecule has 0 aromatic carbocycles. The lowest BCUT2D eigenvalue weighted by Crippen LogP contribution is -2.32. The maximum Gasteiger partial charge on any atom is 0.0634 e. The van der Waals surface area contributed by atoms with Gasteiger partial charge in [0.1, 0.15) is 0 Å². The summed E-state index contributed by atoms with van der Waals surface area (Å²) in [6.45, 7) is 2.08. The molecule has 0 spiro atoms. The molecule has 1 heteroatoms. The van der Waals surface area contributed by atoms with Crippen LogP contribution in [0.2, 0.25) is 0 Å². The van der Waals surface area contributed by atoms with Crippen LogP contribution in [0.4, 0.5) is 0 Å². The first kappa shape index (κ1) is 14.6. The van der Waals surface area contributed by atoms with E-state index in [1.807, 2.05) is 0 Å². The monoisotopic (exact) mass is 276 g/mol. The van der Waals surface area contributed by atoms with Crippen LogP contribution in [-0.2, 0) is 0 Å². The first-order chi connectivity index (χ1) is 9.58. The molecule has 1 nitrogen and oxygen atoms in total. The maximum atomic E-state index is 10.7. The van der Waals surface area contributed by atoms with Crippen molar-refractivity contribution >= 4 is 0 Å². The first-order valence-electron chi connectivity index (χ1n) is 8.98. The third-order valence-electron chi connectivity index (χ3n) is 6.45. The van der Waals surface area contributed by atoms with Crippen LogP contribution in [0.25, 0.3) is 0 Å². The van der Waals surface area contributed by atoms with Crippen molar-refractivity contribution in [1.82, 2.24) is 0 Å². The quantitative estimate of drug-likeness (QED) is 0.589. The highest BCUT2D eigenvalue weighted by Gasteiger charge is 2.60. The van der Waals surface area contributed by atoms with Crippen LogP contribution in [0.5, 0.6) is 0 Å². The summed E-state index contributed by atoms with van der Waals surface area (Å²) in [5.74, 6) is 0. The second kappa shape index (κ2) is 5.48. The lowest BCUT2D eigenvalue weighted by atomic mass is 9.63. The average Bonchev–Trinajstić information content (AvgIpc) is 2.77. The normalized spacial score (nSPS) is 46.3. The highest BCUT2D eigenvalue weighted by molar-refractivity contribution is 5.24. The molecule has 0 saturated heterocycles. The summed E-state index contributed by atoms with van der Waals surface area (Å²) in [5.41, 5.74) is 0.302. The van der Waals surface area contributed by atoms with Crippen LogP contribution in [-0.4, -0.2) is 10.7 Å². The third kappa shape index (κ3) is 2.58. The predicted octanol–water partition coefficient (Wildman–Crippen LogP) is 5.38. The summed E-state index contributed by atoms with van der Waals surface area (Å²) in [6, 6.07) is 0. The number of hydrogen-bond donors (Lipinski definition) is 1. The van der Waals surface area contributed by atoms with Crippen molar-refractivity contribution in [2.45, 2.75) is 96.0 Å². The highest BCUT2D eigenvalue weighted by Crippen LogP contribution is 2.66. The summed E-state index contributed by atoms with van der Waals surface area (Å²) in [5, 5.41) is 10.7. The Morgan fingerprint density at radius 1 is 0.800 bits per heavy atom. The van der Waals surface area contributed by atoms with Gasteiger partial charge < -0.3 is 5.11 Å². The molecule has 3 unspecified atom stereocenters. The van der Waals surface area contributed by atoms with Gasteiger partial charge in [-0.2, -0.15) is 0 Å². The van der Waals surface area contributed by atoms with E-state index in [0.29, 0.717) is 10.8 Å². The van der Waals surface area contributed by atoms with Gasteiger partial charge in [0.15, 0.2) is 0 Å². The van der Waals surface area contributed by atoms with E-state index in [1.54, 1.807) is 0 Å². The van der Waals surface area contributed by atoms with Gasteiger partial charge in [-0.1, -0.05) is 63.5 Å². The van der Waals surface area contributed by atoms with Gasteiger partial charge in [-0.25, -0.2) is 0 Å². The number of aliphatic hydroxyl groups is 1. The van der Waals surface area contributed by atoms with Gasteiger partial charge in [0, 0.05) is 0 Å². The Hall–Kier alpha value is -0.300. The molecular weight excluding hydrogens is 244 g/mol. The molecule has 3 aliphatic rings. The molecule has 0 amide bonds. The minimum Gasteiger partial charge on any atom is -0.390 e. The van der Waals surface area contributed by atoms with Crippen LogP contribution in [0.3, 0.4) is 0 Å². The number of hydrogen-bond acceptors (Lipinski definition) is 1. The highest BCUT2D eigenvalue weighted by atomic mass is 16.3. The molecule has 3 atom stereocenters. The average molecular weight is 276 g/mol.